The van der Waals surface area contributed by atoms with Crippen LogP contribution in [0, 0.1) is 6.92 Å². The van der Waals surface area contributed by atoms with Crippen LogP contribution >= 0.6 is 0 Å². The van der Waals surface area contributed by atoms with E-state index >= 15 is 0 Å². The molecule has 6 nitrogen and oxygen atoms in total. The summed E-state index contributed by atoms with van der Waals surface area (Å²) in [6.07, 6.45) is 0.0996. The molecule has 0 bridgehead atoms. The average Bonchev–Trinajstić information content (AvgIpc) is 2.90. The average molecular weight is 340 g/mol. The lowest BCUT2D eigenvalue weighted by Gasteiger charge is -2.19. The second-order valence-electron chi connectivity index (χ2n) is 5.82. The molecule has 1 N–H and O–H groups in total. The van der Waals surface area contributed by atoms with E-state index in [4.69, 9.17) is 9.47 Å². The largest absolute Gasteiger partial charge is 0.497 e. The Kier molecular flexibility index (Phi) is 4.61. The van der Waals surface area contributed by atoms with Gasteiger partial charge in [0.2, 0.25) is 5.91 Å². The van der Waals surface area contributed by atoms with Crippen LogP contribution in [0.3, 0.4) is 0 Å². The van der Waals surface area contributed by atoms with Crippen molar-refractivity contribution >= 4 is 23.2 Å². The molecule has 25 heavy (non-hydrogen) atoms. The van der Waals surface area contributed by atoms with Gasteiger partial charge in [0.05, 0.1) is 26.3 Å². The number of para-hydroxylation sites is 1. The van der Waals surface area contributed by atoms with Crippen molar-refractivity contribution < 1.29 is 19.1 Å². The number of rotatable bonds is 5. The van der Waals surface area contributed by atoms with Gasteiger partial charge >= 0.3 is 0 Å². The summed E-state index contributed by atoms with van der Waals surface area (Å²) in [4.78, 5) is 26.5. The van der Waals surface area contributed by atoms with Gasteiger partial charge in [0.1, 0.15) is 17.5 Å². The van der Waals surface area contributed by atoms with E-state index in [1.165, 1.54) is 12.0 Å². The SMILES string of the molecule is COc1ccc(N2C(=O)CC(Nc3ccccc3C)C2=O)c(OC)c1. The molecule has 1 fully saturated rings. The smallest absolute Gasteiger partial charge is 0.256 e. The number of carbonyl (C=O) groups excluding carboxylic acids is 2. The summed E-state index contributed by atoms with van der Waals surface area (Å²) < 4.78 is 10.5. The Hall–Kier alpha value is -3.02. The summed E-state index contributed by atoms with van der Waals surface area (Å²) in [5, 5.41) is 3.17. The zero-order valence-electron chi connectivity index (χ0n) is 14.4. The maximum atomic E-state index is 12.8. The number of hydrogen-bond donors (Lipinski definition) is 1. The normalized spacial score (nSPS) is 16.9. The molecule has 0 spiro atoms. The van der Waals surface area contributed by atoms with Crippen LogP contribution in [0.15, 0.2) is 42.5 Å². The zero-order valence-corrected chi connectivity index (χ0v) is 14.4. The molecule has 1 heterocycles. The van der Waals surface area contributed by atoms with Crippen LogP contribution < -0.4 is 19.7 Å². The highest BCUT2D eigenvalue weighted by atomic mass is 16.5. The number of ether oxygens (including phenoxy) is 2. The molecule has 2 aromatic carbocycles. The molecule has 0 radical (unpaired) electrons. The molecule has 3 rings (SSSR count). The van der Waals surface area contributed by atoms with Crippen molar-refractivity contribution in [2.75, 3.05) is 24.4 Å². The molecule has 130 valence electrons. The number of nitrogens with one attached hydrogen (secondary N) is 1. The van der Waals surface area contributed by atoms with Crippen molar-refractivity contribution in [3.05, 3.63) is 48.0 Å². The fourth-order valence-corrected chi connectivity index (χ4v) is 2.89. The maximum Gasteiger partial charge on any atom is 0.256 e. The number of methoxy groups -OCH3 is 2. The van der Waals surface area contributed by atoms with Crippen LogP contribution in [-0.2, 0) is 9.59 Å². The second kappa shape index (κ2) is 6.84. The van der Waals surface area contributed by atoms with Crippen molar-refractivity contribution in [3.8, 4) is 11.5 Å². The lowest BCUT2D eigenvalue weighted by atomic mass is 10.1. The van der Waals surface area contributed by atoms with Gasteiger partial charge in [-0.05, 0) is 30.7 Å². The van der Waals surface area contributed by atoms with Gasteiger partial charge in [-0.15, -0.1) is 0 Å². The van der Waals surface area contributed by atoms with Crippen LogP contribution in [0.1, 0.15) is 12.0 Å². The van der Waals surface area contributed by atoms with Gasteiger partial charge < -0.3 is 14.8 Å². The van der Waals surface area contributed by atoms with Crippen LogP contribution in [0.5, 0.6) is 11.5 Å². The predicted octanol–water partition coefficient (Wildman–Crippen LogP) is 2.76. The summed E-state index contributed by atoms with van der Waals surface area (Å²) in [7, 11) is 3.04. The van der Waals surface area contributed by atoms with Gasteiger partial charge in [0.15, 0.2) is 0 Å². The molecular weight excluding hydrogens is 320 g/mol. The minimum Gasteiger partial charge on any atom is -0.497 e. The van der Waals surface area contributed by atoms with Crippen molar-refractivity contribution in [1.29, 1.82) is 0 Å². The van der Waals surface area contributed by atoms with Gasteiger partial charge in [-0.25, -0.2) is 4.90 Å². The van der Waals surface area contributed by atoms with Crippen LogP contribution in [-0.4, -0.2) is 32.1 Å². The van der Waals surface area contributed by atoms with E-state index in [1.807, 2.05) is 31.2 Å². The lowest BCUT2D eigenvalue weighted by molar-refractivity contribution is -0.121. The highest BCUT2D eigenvalue weighted by Crippen LogP contribution is 2.35. The molecule has 0 aliphatic carbocycles. The summed E-state index contributed by atoms with van der Waals surface area (Å²) in [5.41, 5.74) is 2.29. The van der Waals surface area contributed by atoms with Crippen LogP contribution in [0.4, 0.5) is 11.4 Å². The van der Waals surface area contributed by atoms with Gasteiger partial charge in [-0.2, -0.15) is 0 Å². The number of hydrogen-bond acceptors (Lipinski definition) is 5. The van der Waals surface area contributed by atoms with Crippen LogP contribution in [0.25, 0.3) is 0 Å². The first kappa shape index (κ1) is 16.8. The third-order valence-electron chi connectivity index (χ3n) is 4.25. The van der Waals surface area contributed by atoms with Gasteiger partial charge in [0, 0.05) is 11.8 Å². The molecule has 1 unspecified atom stereocenters. The minimum atomic E-state index is -0.597. The Balaban J connectivity index is 1.88. The third kappa shape index (κ3) is 3.15. The number of amides is 2. The van der Waals surface area contributed by atoms with E-state index < -0.39 is 6.04 Å². The summed E-state index contributed by atoms with van der Waals surface area (Å²) >= 11 is 0. The van der Waals surface area contributed by atoms with E-state index in [2.05, 4.69) is 5.32 Å². The minimum absolute atomic E-state index is 0.0996. The monoisotopic (exact) mass is 340 g/mol. The fourth-order valence-electron chi connectivity index (χ4n) is 2.89. The maximum absolute atomic E-state index is 12.8. The first-order valence-electron chi connectivity index (χ1n) is 7.96. The van der Waals surface area contributed by atoms with Crippen molar-refractivity contribution in [2.24, 2.45) is 0 Å². The number of anilines is 2. The molecule has 1 saturated heterocycles. The molecule has 1 aliphatic rings. The Morgan fingerprint density at radius 1 is 1.08 bits per heavy atom. The number of nitrogens with zero attached hydrogens (tertiary/aromatic N) is 1. The van der Waals surface area contributed by atoms with E-state index in [0.717, 1.165) is 11.3 Å². The summed E-state index contributed by atoms with van der Waals surface area (Å²) in [6.45, 7) is 1.95. The van der Waals surface area contributed by atoms with Crippen molar-refractivity contribution in [3.63, 3.8) is 0 Å². The Labute approximate surface area is 146 Å². The first-order chi connectivity index (χ1) is 12.0. The number of benzene rings is 2. The summed E-state index contributed by atoms with van der Waals surface area (Å²) in [5.74, 6) is 0.447. The van der Waals surface area contributed by atoms with Gasteiger partial charge in [0.25, 0.3) is 5.91 Å². The van der Waals surface area contributed by atoms with Crippen molar-refractivity contribution in [1.82, 2.24) is 0 Å². The topological polar surface area (TPSA) is 67.9 Å². The lowest BCUT2D eigenvalue weighted by Crippen LogP contribution is -2.35. The molecular formula is C19H20N2O4. The number of carbonyl (C=O) groups is 2. The Morgan fingerprint density at radius 3 is 2.52 bits per heavy atom. The first-order valence-corrected chi connectivity index (χ1v) is 7.96. The molecule has 1 aliphatic heterocycles. The molecule has 0 aromatic heterocycles. The van der Waals surface area contributed by atoms with E-state index in [-0.39, 0.29) is 18.2 Å². The molecule has 2 amide bonds. The Morgan fingerprint density at radius 2 is 1.84 bits per heavy atom. The number of imide groups is 1. The fraction of sp³-hybridized carbons (Fsp3) is 0.263. The second-order valence-corrected chi connectivity index (χ2v) is 5.82. The molecule has 0 saturated carbocycles. The highest BCUT2D eigenvalue weighted by molar-refractivity contribution is 6.23. The molecule has 1 atom stereocenters. The van der Waals surface area contributed by atoms with Crippen molar-refractivity contribution in [2.45, 2.75) is 19.4 Å². The zero-order chi connectivity index (χ0) is 18.0. The van der Waals surface area contributed by atoms with E-state index in [0.29, 0.717) is 17.2 Å². The molecule has 6 heteroatoms. The molecule has 2 aromatic rings. The highest BCUT2D eigenvalue weighted by Gasteiger charge is 2.41. The number of aryl methyl sites for hydroxylation is 1. The quantitative estimate of drug-likeness (QED) is 0.848. The predicted molar refractivity (Wildman–Crippen MR) is 95.2 cm³/mol. The van der Waals surface area contributed by atoms with E-state index in [9.17, 15) is 9.59 Å². The van der Waals surface area contributed by atoms with E-state index in [1.54, 1.807) is 25.3 Å². The van der Waals surface area contributed by atoms with Gasteiger partial charge in [-0.3, -0.25) is 9.59 Å². The standard InChI is InChI=1S/C19H20N2O4/c1-12-6-4-5-7-14(12)20-15-11-18(22)21(19(15)23)16-9-8-13(24-2)10-17(16)25-3/h4-10,15,20H,11H2,1-3H3. The summed E-state index contributed by atoms with van der Waals surface area (Å²) in [6, 6.07) is 12.1. The van der Waals surface area contributed by atoms with Crippen LogP contribution in [0.2, 0.25) is 0 Å². The van der Waals surface area contributed by atoms with Gasteiger partial charge in [-0.1, -0.05) is 18.2 Å². The third-order valence-corrected chi connectivity index (χ3v) is 4.25. The Bertz CT molecular complexity index is 819.